The molecule has 0 spiro atoms. The van der Waals surface area contributed by atoms with Gasteiger partial charge in [0.05, 0.1) is 4.88 Å². The first kappa shape index (κ1) is 20.9. The van der Waals surface area contributed by atoms with Crippen LogP contribution in [0.2, 0.25) is 5.02 Å². The van der Waals surface area contributed by atoms with Gasteiger partial charge in [-0.05, 0) is 48.9 Å². The summed E-state index contributed by atoms with van der Waals surface area (Å²) < 4.78 is 0. The smallest absolute Gasteiger partial charge is 0.264 e. The summed E-state index contributed by atoms with van der Waals surface area (Å²) in [4.78, 5) is 44.8. The molecule has 30 heavy (non-hydrogen) atoms. The van der Waals surface area contributed by atoms with Crippen molar-refractivity contribution in [1.82, 2.24) is 14.7 Å². The second kappa shape index (κ2) is 9.18. The first-order chi connectivity index (χ1) is 14.5. The molecule has 1 aromatic carbocycles. The number of rotatable bonds is 3. The lowest BCUT2D eigenvalue weighted by atomic mass is 10.00. The number of piperazine rings is 1. The summed E-state index contributed by atoms with van der Waals surface area (Å²) >= 11 is 7.41. The average molecular weight is 446 g/mol. The van der Waals surface area contributed by atoms with Crippen LogP contribution in [0, 0.1) is 0 Å². The van der Waals surface area contributed by atoms with Crippen LogP contribution in [-0.2, 0) is 4.79 Å². The zero-order valence-corrected chi connectivity index (χ0v) is 18.2. The normalized spacial score (nSPS) is 19.6. The molecule has 0 aliphatic carbocycles. The van der Waals surface area contributed by atoms with Crippen molar-refractivity contribution < 1.29 is 14.4 Å². The minimum Gasteiger partial charge on any atom is -0.337 e. The Balaban J connectivity index is 1.39. The van der Waals surface area contributed by atoms with Crippen molar-refractivity contribution in [2.45, 2.75) is 25.3 Å². The highest BCUT2D eigenvalue weighted by Crippen LogP contribution is 2.24. The second-order valence-corrected chi connectivity index (χ2v) is 9.00. The average Bonchev–Trinajstić information content (AvgIpc) is 3.33. The molecular weight excluding hydrogens is 422 g/mol. The number of carbonyl (C=O) groups excluding carboxylic acids is 3. The van der Waals surface area contributed by atoms with Crippen LogP contribution in [0.3, 0.4) is 0 Å². The van der Waals surface area contributed by atoms with E-state index in [0.29, 0.717) is 54.6 Å². The Labute approximate surface area is 185 Å². The number of piperidine rings is 1. The Kier molecular flexibility index (Phi) is 6.39. The van der Waals surface area contributed by atoms with Gasteiger partial charge in [0.2, 0.25) is 5.91 Å². The largest absolute Gasteiger partial charge is 0.337 e. The summed E-state index contributed by atoms with van der Waals surface area (Å²) in [5.74, 6) is -0.135. The molecule has 8 heteroatoms. The number of halogens is 1. The van der Waals surface area contributed by atoms with Crippen molar-refractivity contribution in [2.75, 3.05) is 32.7 Å². The number of hydrogen-bond acceptors (Lipinski definition) is 4. The van der Waals surface area contributed by atoms with Crippen LogP contribution in [-0.4, -0.2) is 71.2 Å². The molecule has 2 saturated heterocycles. The van der Waals surface area contributed by atoms with Crippen molar-refractivity contribution in [3.8, 4) is 0 Å². The number of nitrogens with zero attached hydrogens (tertiary/aromatic N) is 3. The van der Waals surface area contributed by atoms with Gasteiger partial charge in [0.25, 0.3) is 11.8 Å². The summed E-state index contributed by atoms with van der Waals surface area (Å²) in [7, 11) is 0. The van der Waals surface area contributed by atoms with Gasteiger partial charge in [-0.3, -0.25) is 14.4 Å². The van der Waals surface area contributed by atoms with E-state index in [2.05, 4.69) is 0 Å². The molecule has 0 N–H and O–H groups in total. The van der Waals surface area contributed by atoms with Gasteiger partial charge >= 0.3 is 0 Å². The molecule has 6 nitrogen and oxygen atoms in total. The fraction of sp³-hybridized carbons (Fsp3) is 0.409. The van der Waals surface area contributed by atoms with Crippen molar-refractivity contribution >= 4 is 40.7 Å². The zero-order chi connectivity index (χ0) is 21.1. The first-order valence-corrected chi connectivity index (χ1v) is 11.5. The van der Waals surface area contributed by atoms with Gasteiger partial charge in [-0.15, -0.1) is 11.3 Å². The summed E-state index contributed by atoms with van der Waals surface area (Å²) in [5.41, 5.74) is 0.558. The predicted molar refractivity (Wildman–Crippen MR) is 117 cm³/mol. The summed E-state index contributed by atoms with van der Waals surface area (Å²) in [6.45, 7) is 2.51. The Morgan fingerprint density at radius 2 is 1.67 bits per heavy atom. The molecule has 3 amide bonds. The Morgan fingerprint density at radius 1 is 0.900 bits per heavy atom. The molecule has 0 unspecified atom stereocenters. The topological polar surface area (TPSA) is 60.9 Å². The van der Waals surface area contributed by atoms with Gasteiger partial charge < -0.3 is 14.7 Å². The van der Waals surface area contributed by atoms with E-state index in [1.165, 1.54) is 11.3 Å². The van der Waals surface area contributed by atoms with E-state index in [-0.39, 0.29) is 17.7 Å². The van der Waals surface area contributed by atoms with Gasteiger partial charge in [-0.2, -0.15) is 0 Å². The van der Waals surface area contributed by atoms with Crippen LogP contribution in [0.4, 0.5) is 0 Å². The molecule has 2 aliphatic heterocycles. The van der Waals surface area contributed by atoms with E-state index in [4.69, 9.17) is 11.6 Å². The summed E-state index contributed by atoms with van der Waals surface area (Å²) in [6, 6.07) is 10.2. The highest BCUT2D eigenvalue weighted by molar-refractivity contribution is 7.12. The lowest BCUT2D eigenvalue weighted by molar-refractivity contribution is -0.138. The SMILES string of the molecule is O=C(c1cccc(Cl)c1)N1CCN(C(=O)[C@@H]2CCCCN2C(=O)c2cccs2)CC1. The maximum atomic E-state index is 13.2. The van der Waals surface area contributed by atoms with Crippen molar-refractivity contribution in [3.63, 3.8) is 0 Å². The van der Waals surface area contributed by atoms with E-state index >= 15 is 0 Å². The Bertz CT molecular complexity index is 925. The number of amides is 3. The number of benzene rings is 1. The minimum absolute atomic E-state index is 0.00513. The molecule has 0 bridgehead atoms. The monoisotopic (exact) mass is 445 g/mol. The van der Waals surface area contributed by atoms with Gasteiger partial charge in [0.1, 0.15) is 6.04 Å². The maximum Gasteiger partial charge on any atom is 0.264 e. The number of carbonyl (C=O) groups is 3. The quantitative estimate of drug-likeness (QED) is 0.727. The molecule has 2 aliphatic rings. The van der Waals surface area contributed by atoms with Crippen LogP contribution in [0.25, 0.3) is 0 Å². The molecule has 1 aromatic heterocycles. The van der Waals surface area contributed by atoms with Crippen LogP contribution < -0.4 is 0 Å². The molecule has 2 aromatic rings. The first-order valence-electron chi connectivity index (χ1n) is 10.2. The maximum absolute atomic E-state index is 13.2. The van der Waals surface area contributed by atoms with E-state index in [0.717, 1.165) is 12.8 Å². The second-order valence-electron chi connectivity index (χ2n) is 7.62. The van der Waals surface area contributed by atoms with E-state index in [1.54, 1.807) is 39.0 Å². The third kappa shape index (κ3) is 4.37. The fourth-order valence-corrected chi connectivity index (χ4v) is 4.99. The van der Waals surface area contributed by atoms with Crippen molar-refractivity contribution in [3.05, 3.63) is 57.2 Å². The third-order valence-corrected chi connectivity index (χ3v) is 6.82. The Morgan fingerprint density at radius 3 is 2.37 bits per heavy atom. The number of likely N-dealkylation sites (tertiary alicyclic amines) is 1. The highest BCUT2D eigenvalue weighted by atomic mass is 35.5. The van der Waals surface area contributed by atoms with Crippen LogP contribution in [0.15, 0.2) is 41.8 Å². The number of hydrogen-bond donors (Lipinski definition) is 0. The van der Waals surface area contributed by atoms with Crippen LogP contribution >= 0.6 is 22.9 Å². The minimum atomic E-state index is -0.413. The Hall–Kier alpha value is -2.38. The van der Waals surface area contributed by atoms with E-state index in [9.17, 15) is 14.4 Å². The predicted octanol–water partition coefficient (Wildman–Crippen LogP) is 3.38. The molecule has 1 atom stereocenters. The highest BCUT2D eigenvalue weighted by Gasteiger charge is 2.36. The standard InChI is InChI=1S/C22H24ClN3O3S/c23-17-6-3-5-16(15-17)20(27)24-10-12-25(13-11-24)21(28)18-7-1-2-9-26(18)22(29)19-8-4-14-30-19/h3-6,8,14-15,18H,1-2,7,9-13H2/t18-/m0/s1. The van der Waals surface area contributed by atoms with Crippen LogP contribution in [0.1, 0.15) is 39.3 Å². The zero-order valence-electron chi connectivity index (χ0n) is 16.6. The van der Waals surface area contributed by atoms with Crippen molar-refractivity contribution in [2.24, 2.45) is 0 Å². The van der Waals surface area contributed by atoms with Gasteiger partial charge in [-0.1, -0.05) is 23.7 Å². The van der Waals surface area contributed by atoms with Crippen LogP contribution in [0.5, 0.6) is 0 Å². The third-order valence-electron chi connectivity index (χ3n) is 5.73. The van der Waals surface area contributed by atoms with E-state index in [1.807, 2.05) is 17.5 Å². The molecule has 3 heterocycles. The molecule has 4 rings (SSSR count). The van der Waals surface area contributed by atoms with E-state index < -0.39 is 6.04 Å². The molecule has 0 radical (unpaired) electrons. The lowest BCUT2D eigenvalue weighted by Gasteiger charge is -2.40. The molecule has 0 saturated carbocycles. The van der Waals surface area contributed by atoms with Gasteiger partial charge in [0, 0.05) is 43.3 Å². The molecular formula is C22H24ClN3O3S. The fourth-order valence-electron chi connectivity index (χ4n) is 4.12. The summed E-state index contributed by atoms with van der Waals surface area (Å²) in [5, 5.41) is 2.41. The van der Waals surface area contributed by atoms with Crippen molar-refractivity contribution in [1.29, 1.82) is 0 Å². The summed E-state index contributed by atoms with van der Waals surface area (Å²) in [6.07, 6.45) is 2.55. The van der Waals surface area contributed by atoms with Gasteiger partial charge in [-0.25, -0.2) is 0 Å². The lowest BCUT2D eigenvalue weighted by Crippen LogP contribution is -2.57. The number of thiophene rings is 1. The molecule has 158 valence electrons. The molecule has 2 fully saturated rings. The van der Waals surface area contributed by atoms with Gasteiger partial charge in [0.15, 0.2) is 0 Å².